The number of amides is 3. The fourth-order valence-electron chi connectivity index (χ4n) is 1.42. The van der Waals surface area contributed by atoms with E-state index >= 15 is 0 Å². The van der Waals surface area contributed by atoms with Crippen LogP contribution in [0.25, 0.3) is 0 Å². The van der Waals surface area contributed by atoms with Gasteiger partial charge < -0.3 is 16.4 Å². The largest absolute Gasteiger partial charge is 0.351 e. The highest BCUT2D eigenvalue weighted by atomic mass is 79.9. The lowest BCUT2D eigenvalue weighted by Gasteiger charge is -2.07. The van der Waals surface area contributed by atoms with Crippen LogP contribution in [0.2, 0.25) is 0 Å². The van der Waals surface area contributed by atoms with Gasteiger partial charge in [-0.05, 0) is 31.0 Å². The molecule has 6 heteroatoms. The number of anilines is 2. The number of rotatable bonds is 6. The van der Waals surface area contributed by atoms with Crippen molar-refractivity contribution < 1.29 is 9.59 Å². The Morgan fingerprint density at radius 3 is 2.44 bits per heavy atom. The van der Waals surface area contributed by atoms with Gasteiger partial charge in [0.05, 0.1) is 0 Å². The number of nitrogens with two attached hydrogens (primary N) is 1. The molecule has 0 aliphatic heterocycles. The molecule has 0 atom stereocenters. The minimum atomic E-state index is -0.629. The van der Waals surface area contributed by atoms with Gasteiger partial charge >= 0.3 is 6.03 Å². The zero-order valence-corrected chi connectivity index (χ0v) is 11.5. The van der Waals surface area contributed by atoms with Crippen LogP contribution < -0.4 is 16.4 Å². The van der Waals surface area contributed by atoms with E-state index in [1.165, 1.54) is 0 Å². The fraction of sp³-hybridized carbons (Fsp3) is 0.333. The number of nitrogens with one attached hydrogen (secondary N) is 2. The Hall–Kier alpha value is -1.56. The number of unbranched alkanes of at least 4 members (excludes halogenated alkanes) is 1. The third-order valence-corrected chi connectivity index (χ3v) is 2.76. The molecule has 1 aromatic carbocycles. The molecule has 0 saturated carbocycles. The second-order valence-corrected chi connectivity index (χ2v) is 4.56. The summed E-state index contributed by atoms with van der Waals surface area (Å²) in [5, 5.41) is 6.12. The molecule has 3 amide bonds. The zero-order chi connectivity index (χ0) is 13.4. The molecule has 0 aliphatic carbocycles. The molecule has 0 spiro atoms. The van der Waals surface area contributed by atoms with Crippen molar-refractivity contribution in [1.29, 1.82) is 0 Å². The number of carbonyl (C=O) groups excluding carboxylic acids is 2. The standard InChI is InChI=1S/C12H16BrN3O2/c13-7-2-1-6-11(17)15-9-4-3-5-10(8-9)16-12(14)18/h3-5,8H,1-2,6-7H2,(H,15,17)(H3,14,16,18). The van der Waals surface area contributed by atoms with Crippen LogP contribution in [0.3, 0.4) is 0 Å². The molecule has 0 heterocycles. The van der Waals surface area contributed by atoms with Gasteiger partial charge in [-0.15, -0.1) is 0 Å². The van der Waals surface area contributed by atoms with Gasteiger partial charge in [-0.3, -0.25) is 4.79 Å². The van der Waals surface area contributed by atoms with E-state index in [1.807, 2.05) is 0 Å². The minimum absolute atomic E-state index is 0.0350. The summed E-state index contributed by atoms with van der Waals surface area (Å²) in [7, 11) is 0. The average molecular weight is 314 g/mol. The molecule has 0 saturated heterocycles. The van der Waals surface area contributed by atoms with Crippen molar-refractivity contribution in [2.45, 2.75) is 19.3 Å². The molecule has 0 aromatic heterocycles. The number of urea groups is 1. The van der Waals surface area contributed by atoms with Crippen LogP contribution in [0.15, 0.2) is 24.3 Å². The van der Waals surface area contributed by atoms with Crippen LogP contribution in [-0.2, 0) is 4.79 Å². The summed E-state index contributed by atoms with van der Waals surface area (Å²) in [6.07, 6.45) is 2.30. The van der Waals surface area contributed by atoms with E-state index in [4.69, 9.17) is 5.73 Å². The van der Waals surface area contributed by atoms with Gasteiger partial charge in [-0.2, -0.15) is 0 Å². The third-order valence-electron chi connectivity index (χ3n) is 2.20. The van der Waals surface area contributed by atoms with Crippen LogP contribution in [-0.4, -0.2) is 17.3 Å². The van der Waals surface area contributed by atoms with Crippen LogP contribution >= 0.6 is 15.9 Å². The van der Waals surface area contributed by atoms with Crippen LogP contribution in [0, 0.1) is 0 Å². The van der Waals surface area contributed by atoms with Crippen molar-refractivity contribution >= 4 is 39.2 Å². The maximum Gasteiger partial charge on any atom is 0.316 e. The quantitative estimate of drug-likeness (QED) is 0.557. The van der Waals surface area contributed by atoms with Crippen LogP contribution in [0.1, 0.15) is 19.3 Å². The Morgan fingerprint density at radius 2 is 1.83 bits per heavy atom. The van der Waals surface area contributed by atoms with E-state index in [1.54, 1.807) is 24.3 Å². The molecular formula is C12H16BrN3O2. The number of alkyl halides is 1. The third kappa shape index (κ3) is 5.67. The summed E-state index contributed by atoms with van der Waals surface area (Å²) in [6.45, 7) is 0. The van der Waals surface area contributed by atoms with E-state index in [0.29, 0.717) is 17.8 Å². The van der Waals surface area contributed by atoms with Gasteiger partial charge in [-0.1, -0.05) is 22.0 Å². The highest BCUT2D eigenvalue weighted by molar-refractivity contribution is 9.09. The topological polar surface area (TPSA) is 84.2 Å². The Morgan fingerprint density at radius 1 is 1.17 bits per heavy atom. The highest BCUT2D eigenvalue weighted by Gasteiger charge is 2.03. The van der Waals surface area contributed by atoms with Crippen molar-refractivity contribution in [2.75, 3.05) is 16.0 Å². The predicted molar refractivity (Wildman–Crippen MR) is 75.9 cm³/mol. The normalized spacial score (nSPS) is 9.83. The highest BCUT2D eigenvalue weighted by Crippen LogP contribution is 2.15. The molecule has 1 rings (SSSR count). The van der Waals surface area contributed by atoms with E-state index < -0.39 is 6.03 Å². The lowest BCUT2D eigenvalue weighted by molar-refractivity contribution is -0.116. The monoisotopic (exact) mass is 313 g/mol. The van der Waals surface area contributed by atoms with E-state index in [0.717, 1.165) is 18.2 Å². The molecule has 18 heavy (non-hydrogen) atoms. The van der Waals surface area contributed by atoms with Crippen LogP contribution in [0.4, 0.5) is 16.2 Å². The Bertz CT molecular complexity index is 424. The van der Waals surface area contributed by atoms with Gasteiger partial charge in [0.1, 0.15) is 0 Å². The first-order valence-corrected chi connectivity index (χ1v) is 6.76. The molecule has 4 N–H and O–H groups in total. The van der Waals surface area contributed by atoms with E-state index in [-0.39, 0.29) is 5.91 Å². The number of hydrogen-bond acceptors (Lipinski definition) is 2. The molecule has 0 radical (unpaired) electrons. The maximum atomic E-state index is 11.6. The fourth-order valence-corrected chi connectivity index (χ4v) is 1.82. The summed E-state index contributed by atoms with van der Waals surface area (Å²) >= 11 is 3.31. The Balaban J connectivity index is 2.51. The Labute approximate surface area is 114 Å². The van der Waals surface area contributed by atoms with Crippen molar-refractivity contribution in [2.24, 2.45) is 5.73 Å². The molecular weight excluding hydrogens is 298 g/mol. The maximum absolute atomic E-state index is 11.6. The first-order valence-electron chi connectivity index (χ1n) is 5.64. The van der Waals surface area contributed by atoms with Crippen molar-refractivity contribution in [3.8, 4) is 0 Å². The lowest BCUT2D eigenvalue weighted by atomic mass is 10.2. The first-order chi connectivity index (χ1) is 8.61. The average Bonchev–Trinajstić information content (AvgIpc) is 2.28. The summed E-state index contributed by atoms with van der Waals surface area (Å²) in [4.78, 5) is 22.3. The lowest BCUT2D eigenvalue weighted by Crippen LogP contribution is -2.19. The SMILES string of the molecule is NC(=O)Nc1cccc(NC(=O)CCCCBr)c1. The second-order valence-electron chi connectivity index (χ2n) is 3.76. The first kappa shape index (κ1) is 14.5. The summed E-state index contributed by atoms with van der Waals surface area (Å²) in [5.74, 6) is -0.0350. The summed E-state index contributed by atoms with van der Waals surface area (Å²) in [5.41, 5.74) is 6.21. The van der Waals surface area contributed by atoms with Crippen molar-refractivity contribution in [3.63, 3.8) is 0 Å². The minimum Gasteiger partial charge on any atom is -0.351 e. The smallest absolute Gasteiger partial charge is 0.316 e. The van der Waals surface area contributed by atoms with Crippen molar-refractivity contribution in [3.05, 3.63) is 24.3 Å². The summed E-state index contributed by atoms with van der Waals surface area (Å²) in [6, 6.07) is 6.22. The van der Waals surface area contributed by atoms with Gasteiger partial charge in [0, 0.05) is 23.1 Å². The van der Waals surface area contributed by atoms with E-state index in [9.17, 15) is 9.59 Å². The zero-order valence-electron chi connectivity index (χ0n) is 9.91. The predicted octanol–water partition coefficient (Wildman–Crippen LogP) is 2.68. The molecule has 0 aliphatic rings. The van der Waals surface area contributed by atoms with Crippen LogP contribution in [0.5, 0.6) is 0 Å². The molecule has 0 bridgehead atoms. The molecule has 98 valence electrons. The van der Waals surface area contributed by atoms with E-state index in [2.05, 4.69) is 26.6 Å². The number of hydrogen-bond donors (Lipinski definition) is 3. The molecule has 0 fully saturated rings. The second kappa shape index (κ2) is 7.71. The molecule has 1 aromatic rings. The number of primary amides is 1. The number of benzene rings is 1. The molecule has 5 nitrogen and oxygen atoms in total. The van der Waals surface area contributed by atoms with Gasteiger partial charge in [0.15, 0.2) is 0 Å². The van der Waals surface area contributed by atoms with Gasteiger partial charge in [0.2, 0.25) is 5.91 Å². The number of carbonyl (C=O) groups is 2. The van der Waals surface area contributed by atoms with Gasteiger partial charge in [0.25, 0.3) is 0 Å². The van der Waals surface area contributed by atoms with Crippen molar-refractivity contribution in [1.82, 2.24) is 0 Å². The Kier molecular flexibility index (Phi) is 6.21. The molecule has 0 unspecified atom stereocenters. The summed E-state index contributed by atoms with van der Waals surface area (Å²) < 4.78 is 0. The van der Waals surface area contributed by atoms with Gasteiger partial charge in [-0.25, -0.2) is 4.79 Å². The number of halogens is 1.